The van der Waals surface area contributed by atoms with Crippen molar-refractivity contribution in [2.75, 3.05) is 13.7 Å². The second-order valence-corrected chi connectivity index (χ2v) is 8.05. The van der Waals surface area contributed by atoms with E-state index in [2.05, 4.69) is 37.2 Å². The fourth-order valence-electron chi connectivity index (χ4n) is 1.35. The van der Waals surface area contributed by atoms with E-state index in [1.807, 2.05) is 0 Å². The number of carbonyl (C=O) groups is 1. The molecule has 0 saturated carbocycles. The maximum Gasteiger partial charge on any atom is 0.261 e. The zero-order valence-electron chi connectivity index (χ0n) is 10.5. The number of halogens is 3. The Kier molecular flexibility index (Phi) is 6.77. The molecule has 0 spiro atoms. The minimum Gasteiger partial charge on any atom is -0.491 e. The maximum absolute atomic E-state index is 11.3. The van der Waals surface area contributed by atoms with E-state index < -0.39 is 9.05 Å². The van der Waals surface area contributed by atoms with Crippen LogP contribution in [0.3, 0.4) is 0 Å². The second-order valence-electron chi connectivity index (χ2n) is 3.78. The standard InChI is InChI=1S/C11H12Br2ClNO4S/c1-15-10(16)3-2-4-19-11-8(12)5-7(6-9(11)13)20(14,17)18/h5-6H,2-4H2,1H3,(H,15,16). The normalized spacial score (nSPS) is 11.2. The molecule has 0 aliphatic carbocycles. The van der Waals surface area contributed by atoms with Crippen LogP contribution in [-0.4, -0.2) is 28.0 Å². The third-order valence-electron chi connectivity index (χ3n) is 2.33. The Balaban J connectivity index is 2.75. The zero-order valence-corrected chi connectivity index (χ0v) is 15.2. The molecule has 0 bridgehead atoms. The molecular weight excluding hydrogens is 437 g/mol. The molecule has 0 aromatic heterocycles. The number of carbonyl (C=O) groups excluding carboxylic acids is 1. The molecule has 0 fully saturated rings. The van der Waals surface area contributed by atoms with Crippen molar-refractivity contribution in [3.05, 3.63) is 21.1 Å². The van der Waals surface area contributed by atoms with Gasteiger partial charge in [-0.3, -0.25) is 4.79 Å². The van der Waals surface area contributed by atoms with Crippen molar-refractivity contribution in [1.29, 1.82) is 0 Å². The summed E-state index contributed by atoms with van der Waals surface area (Å²) in [5.74, 6) is 0.404. The summed E-state index contributed by atoms with van der Waals surface area (Å²) in [7, 11) is 3.05. The van der Waals surface area contributed by atoms with Crippen molar-refractivity contribution in [3.8, 4) is 5.75 Å². The van der Waals surface area contributed by atoms with Gasteiger partial charge < -0.3 is 10.1 Å². The van der Waals surface area contributed by atoms with Gasteiger partial charge in [-0.25, -0.2) is 8.42 Å². The molecule has 0 saturated heterocycles. The highest BCUT2D eigenvalue weighted by Gasteiger charge is 2.16. The van der Waals surface area contributed by atoms with Crippen LogP contribution >= 0.6 is 42.5 Å². The molecule has 0 aliphatic rings. The molecule has 0 radical (unpaired) electrons. The van der Waals surface area contributed by atoms with E-state index >= 15 is 0 Å². The first-order valence-electron chi connectivity index (χ1n) is 5.52. The predicted molar refractivity (Wildman–Crippen MR) is 83.7 cm³/mol. The Hall–Kier alpha value is -0.310. The van der Waals surface area contributed by atoms with Gasteiger partial charge in [-0.1, -0.05) is 0 Å². The number of hydrogen-bond donors (Lipinski definition) is 1. The van der Waals surface area contributed by atoms with Crippen molar-refractivity contribution < 1.29 is 17.9 Å². The Bertz CT molecular complexity index is 583. The van der Waals surface area contributed by atoms with E-state index in [4.69, 9.17) is 15.4 Å². The third-order valence-corrected chi connectivity index (χ3v) is 4.84. The predicted octanol–water partition coefficient (Wildman–Crippen LogP) is 3.04. The first-order chi connectivity index (χ1) is 9.25. The van der Waals surface area contributed by atoms with Crippen LogP contribution in [0, 0.1) is 0 Å². The molecule has 5 nitrogen and oxygen atoms in total. The molecule has 112 valence electrons. The maximum atomic E-state index is 11.3. The van der Waals surface area contributed by atoms with Crippen molar-refractivity contribution in [2.45, 2.75) is 17.7 Å². The molecule has 0 heterocycles. The number of rotatable bonds is 6. The van der Waals surface area contributed by atoms with Crippen LogP contribution in [0.15, 0.2) is 26.0 Å². The highest BCUT2D eigenvalue weighted by Crippen LogP contribution is 2.36. The van der Waals surface area contributed by atoms with Gasteiger partial charge in [0.05, 0.1) is 20.4 Å². The third kappa shape index (κ3) is 5.23. The molecular formula is C11H12Br2ClNO4S. The van der Waals surface area contributed by atoms with Crippen LogP contribution in [0.1, 0.15) is 12.8 Å². The van der Waals surface area contributed by atoms with Crippen LogP contribution in [-0.2, 0) is 13.8 Å². The van der Waals surface area contributed by atoms with Crippen LogP contribution in [0.5, 0.6) is 5.75 Å². The van der Waals surface area contributed by atoms with Gasteiger partial charge in [0, 0.05) is 24.2 Å². The summed E-state index contributed by atoms with van der Waals surface area (Å²) in [5, 5.41) is 2.52. The van der Waals surface area contributed by atoms with E-state index in [1.165, 1.54) is 12.1 Å². The molecule has 1 N–H and O–H groups in total. The van der Waals surface area contributed by atoms with Gasteiger partial charge in [-0.05, 0) is 50.4 Å². The van der Waals surface area contributed by atoms with Gasteiger partial charge in [-0.2, -0.15) is 0 Å². The average molecular weight is 450 g/mol. The summed E-state index contributed by atoms with van der Waals surface area (Å²) in [6.45, 7) is 0.331. The smallest absolute Gasteiger partial charge is 0.261 e. The molecule has 1 amide bonds. The van der Waals surface area contributed by atoms with Crippen LogP contribution in [0.25, 0.3) is 0 Å². The summed E-state index contributed by atoms with van der Waals surface area (Å²) in [6, 6.07) is 2.72. The van der Waals surface area contributed by atoms with Gasteiger partial charge in [0.2, 0.25) is 5.91 Å². The Morgan fingerprint density at radius 2 is 1.90 bits per heavy atom. The minimum absolute atomic E-state index is 0.0318. The summed E-state index contributed by atoms with van der Waals surface area (Å²) >= 11 is 6.46. The van der Waals surface area contributed by atoms with Crippen molar-refractivity contribution in [3.63, 3.8) is 0 Å². The first-order valence-corrected chi connectivity index (χ1v) is 9.42. The number of ether oxygens (including phenoxy) is 1. The molecule has 1 aromatic carbocycles. The van der Waals surface area contributed by atoms with E-state index in [9.17, 15) is 13.2 Å². The van der Waals surface area contributed by atoms with E-state index in [1.54, 1.807) is 7.05 Å². The average Bonchev–Trinajstić information content (AvgIpc) is 2.35. The van der Waals surface area contributed by atoms with E-state index in [0.717, 1.165) is 0 Å². The number of amides is 1. The van der Waals surface area contributed by atoms with Crippen molar-refractivity contribution >= 4 is 57.5 Å². The Morgan fingerprint density at radius 1 is 1.35 bits per heavy atom. The highest BCUT2D eigenvalue weighted by atomic mass is 79.9. The van der Waals surface area contributed by atoms with Crippen molar-refractivity contribution in [1.82, 2.24) is 5.32 Å². The lowest BCUT2D eigenvalue weighted by atomic mass is 10.3. The highest BCUT2D eigenvalue weighted by molar-refractivity contribution is 9.11. The van der Waals surface area contributed by atoms with E-state index in [0.29, 0.717) is 34.1 Å². The summed E-state index contributed by atoms with van der Waals surface area (Å²) in [4.78, 5) is 11.0. The molecule has 1 rings (SSSR count). The molecule has 0 atom stereocenters. The van der Waals surface area contributed by atoms with Crippen LogP contribution < -0.4 is 10.1 Å². The van der Waals surface area contributed by atoms with E-state index in [-0.39, 0.29) is 10.8 Å². The largest absolute Gasteiger partial charge is 0.491 e. The fraction of sp³-hybridized carbons (Fsp3) is 0.364. The zero-order chi connectivity index (χ0) is 15.3. The summed E-state index contributed by atoms with van der Waals surface area (Å²) < 4.78 is 29.0. The molecule has 9 heteroatoms. The molecule has 20 heavy (non-hydrogen) atoms. The summed E-state index contributed by atoms with van der Waals surface area (Å²) in [5.41, 5.74) is 0. The lowest BCUT2D eigenvalue weighted by Crippen LogP contribution is -2.18. The Morgan fingerprint density at radius 3 is 2.35 bits per heavy atom. The van der Waals surface area contributed by atoms with Crippen molar-refractivity contribution in [2.24, 2.45) is 0 Å². The Labute approximate surface area is 138 Å². The topological polar surface area (TPSA) is 72.5 Å². The number of hydrogen-bond acceptors (Lipinski definition) is 4. The lowest BCUT2D eigenvalue weighted by molar-refractivity contribution is -0.120. The quantitative estimate of drug-likeness (QED) is 0.535. The number of nitrogens with one attached hydrogen (secondary N) is 1. The fourth-order valence-corrected chi connectivity index (χ4v) is 3.85. The van der Waals surface area contributed by atoms with Crippen LogP contribution in [0.4, 0.5) is 0 Å². The van der Waals surface area contributed by atoms with Gasteiger partial charge in [0.15, 0.2) is 0 Å². The molecule has 1 aromatic rings. The van der Waals surface area contributed by atoms with Gasteiger partial charge in [0.25, 0.3) is 9.05 Å². The summed E-state index contributed by atoms with van der Waals surface area (Å²) in [6.07, 6.45) is 0.911. The van der Waals surface area contributed by atoms with Gasteiger partial charge in [0.1, 0.15) is 5.75 Å². The SMILES string of the molecule is CNC(=O)CCCOc1c(Br)cc(S(=O)(=O)Cl)cc1Br. The number of benzene rings is 1. The lowest BCUT2D eigenvalue weighted by Gasteiger charge is -2.11. The second kappa shape index (κ2) is 7.63. The first kappa shape index (κ1) is 17.7. The van der Waals surface area contributed by atoms with Gasteiger partial charge >= 0.3 is 0 Å². The monoisotopic (exact) mass is 447 g/mol. The minimum atomic E-state index is -3.80. The molecule has 0 unspecified atom stereocenters. The molecule has 0 aliphatic heterocycles. The van der Waals surface area contributed by atoms with Gasteiger partial charge in [-0.15, -0.1) is 0 Å². The van der Waals surface area contributed by atoms with Crippen LogP contribution in [0.2, 0.25) is 0 Å².